The van der Waals surface area contributed by atoms with Gasteiger partial charge >= 0.3 is 35.7 Å². The third-order valence-corrected chi connectivity index (χ3v) is 28.7. The topological polar surface area (TPSA) is 64.6 Å². The summed E-state index contributed by atoms with van der Waals surface area (Å²) in [5.41, 5.74) is 0. The molecule has 1 atom stereocenters. The maximum Gasteiger partial charge on any atom is 0.362 e. The Morgan fingerprint density at radius 2 is 0.784 bits per heavy atom. The molecule has 2 radical (unpaired) electrons. The van der Waals surface area contributed by atoms with E-state index in [1.54, 1.807) is 0 Å². The van der Waals surface area contributed by atoms with Crippen LogP contribution >= 0.6 is 0 Å². The van der Waals surface area contributed by atoms with Crippen molar-refractivity contribution in [1.29, 1.82) is 0 Å². The largest absolute Gasteiger partial charge is 0.439 e. The normalized spacial score (nSPS) is 14.5. The molecule has 0 spiro atoms. The molecule has 0 amide bonds. The van der Waals surface area contributed by atoms with Crippen molar-refractivity contribution >= 4 is 78.2 Å². The Hall–Kier alpha value is -0.328. The van der Waals surface area contributed by atoms with Crippen LogP contribution in [0.15, 0.2) is 0 Å². The van der Waals surface area contributed by atoms with Crippen molar-refractivity contribution in [3.8, 4) is 0 Å². The SMILES string of the molecule is C[Si](O[SiH](C)O[Si](C)(C)C)O[Si](C)(C)O[Si](C)(C)C.C[Si](O[Si](C)(C)C)O[Si](C)(C)O[Si](C)(C)C.[Rf].[Rf]. The van der Waals surface area contributed by atoms with E-state index >= 15 is 0 Å². The van der Waals surface area contributed by atoms with Gasteiger partial charge in [0.05, 0.1) is 0 Å². The summed E-state index contributed by atoms with van der Waals surface area (Å²) in [5, 5.41) is 0. The van der Waals surface area contributed by atoms with Crippen LogP contribution in [0.3, 0.4) is 0 Å². The Kier molecular flexibility index (Phi) is 19.0. The first-order chi connectivity index (χ1) is 15.0. The maximum absolute atomic E-state index is 6.16. The van der Waals surface area contributed by atoms with Gasteiger partial charge in [0, 0.05) is 0 Å². The van der Waals surface area contributed by atoms with Crippen LogP contribution in [0.2, 0.25) is 124 Å². The predicted molar refractivity (Wildman–Crippen MR) is 172 cm³/mol. The van der Waals surface area contributed by atoms with Crippen LogP contribution < -0.4 is 0 Å². The van der Waals surface area contributed by atoms with Gasteiger partial charge in [0.25, 0.3) is 9.28 Å². The maximum atomic E-state index is 6.16. The molecule has 0 N–H and O–H groups in total. The van der Waals surface area contributed by atoms with E-state index in [0.29, 0.717) is 0 Å². The van der Waals surface area contributed by atoms with Crippen LogP contribution in [0.1, 0.15) is 0 Å². The molecule has 18 heteroatoms. The van der Waals surface area contributed by atoms with Crippen molar-refractivity contribution in [1.82, 2.24) is 0 Å². The summed E-state index contributed by atoms with van der Waals surface area (Å²) in [6.07, 6.45) is 0. The van der Waals surface area contributed by atoms with Crippen LogP contribution in [-0.4, -0.2) is 78.2 Å². The van der Waals surface area contributed by atoms with E-state index in [1.165, 1.54) is 0 Å². The van der Waals surface area contributed by atoms with Crippen LogP contribution in [0.4, 0.5) is 0 Å². The van der Waals surface area contributed by atoms with E-state index in [9.17, 15) is 0 Å². The fraction of sp³-hybridized carbons (Fsp3) is 1.00. The molecule has 0 fully saturated rings. The zero-order chi connectivity index (χ0) is 28.7. The van der Waals surface area contributed by atoms with Gasteiger partial charge in [-0.05, 0) is 124 Å². The number of rotatable bonds is 14. The number of hydrogen-bond acceptors (Lipinski definition) is 7. The zero-order valence-electron chi connectivity index (χ0n) is 27.8. The van der Waals surface area contributed by atoms with Crippen molar-refractivity contribution in [3.63, 3.8) is 0 Å². The molecule has 0 saturated heterocycles. The van der Waals surface area contributed by atoms with Crippen LogP contribution in [0, 0.1) is 0 Å². The van der Waals surface area contributed by atoms with Gasteiger partial charge in [0.2, 0.25) is 0 Å². The summed E-state index contributed by atoms with van der Waals surface area (Å²) in [7, 11) is -14.1. The molecule has 0 aromatic rings. The van der Waals surface area contributed by atoms with Crippen molar-refractivity contribution < 1.29 is 28.8 Å². The third-order valence-electron chi connectivity index (χ3n) is 3.18. The third kappa shape index (κ3) is 31.8. The first-order valence-corrected chi connectivity index (χ1v) is 37.5. The second-order valence-electron chi connectivity index (χ2n) is 13.5. The van der Waals surface area contributed by atoms with Gasteiger partial charge in [-0.15, -0.1) is 0 Å². The minimum Gasteiger partial charge on any atom is -0.439 e. The average molecular weight is 1190 g/mol. The molecule has 0 heterocycles. The second kappa shape index (κ2) is 16.1. The molecule has 0 rings (SSSR count). The van der Waals surface area contributed by atoms with Gasteiger partial charge in [0.1, 0.15) is 0 Å². The van der Waals surface area contributed by atoms with E-state index in [-0.39, 0.29) is 0 Å². The van der Waals surface area contributed by atoms with Gasteiger partial charge in [-0.3, -0.25) is 0 Å². The standard InChI is InChI=1S/C10H31O4Si5.C9H27O3Si4.2Rf/c1-15(12-17(3,4)5)11-16(2)13-19(9,10)14-18(6,7)8;1-13(10-14(2,3)4)11-16(8,9)12-15(5,6)7;;/h15H,1-10H3;1-9H3;;. The van der Waals surface area contributed by atoms with Gasteiger partial charge in [-0.1, -0.05) is 0 Å². The molecular weight excluding hydrogens is 1130 g/mol. The van der Waals surface area contributed by atoms with Crippen LogP contribution in [-0.2, 0) is 28.8 Å². The van der Waals surface area contributed by atoms with Crippen LogP contribution in [0.5, 0.6) is 0 Å². The monoisotopic (exact) mass is 1180 g/mol. The molecule has 0 bridgehead atoms. The Morgan fingerprint density at radius 1 is 0.459 bits per heavy atom. The van der Waals surface area contributed by atoms with Gasteiger partial charge in [-0.25, -0.2) is 0 Å². The molecule has 0 aliphatic rings. The fourth-order valence-corrected chi connectivity index (χ4v) is 33.0. The molecule has 37 heavy (non-hydrogen) atoms. The van der Waals surface area contributed by atoms with Crippen LogP contribution in [0.25, 0.3) is 0 Å². The molecule has 0 aromatic carbocycles. The Labute approximate surface area is 230 Å². The molecule has 0 aliphatic carbocycles. The van der Waals surface area contributed by atoms with Crippen molar-refractivity contribution in [2.75, 3.05) is 0 Å². The second-order valence-corrected chi connectivity index (χ2v) is 45.1. The molecule has 1 unspecified atom stereocenters. The van der Waals surface area contributed by atoms with Gasteiger partial charge in [-0.2, -0.15) is 0 Å². The molecule has 0 saturated carbocycles. The summed E-state index contributed by atoms with van der Waals surface area (Å²) in [6.45, 7) is 41.0. The zero-order valence-corrected chi connectivity index (χ0v) is 49.8. The van der Waals surface area contributed by atoms with E-state index < -0.39 is 78.2 Å². The number of hydrogen-bond donors (Lipinski definition) is 0. The fourth-order valence-electron chi connectivity index (χ4n) is 3.44. The summed E-state index contributed by atoms with van der Waals surface area (Å²) in [5.74, 6) is 0. The predicted octanol–water partition coefficient (Wildman–Crippen LogP) is 6.92. The summed E-state index contributed by atoms with van der Waals surface area (Å²) >= 11 is 0. The first kappa shape index (κ1) is 43.7. The summed E-state index contributed by atoms with van der Waals surface area (Å²) in [4.78, 5) is 0. The molecule has 0 aromatic heterocycles. The van der Waals surface area contributed by atoms with Gasteiger partial charge in [0.15, 0.2) is 33.3 Å². The average Bonchev–Trinajstić information content (AvgIpc) is 2.34. The smallest absolute Gasteiger partial charge is 0.362 e. The Balaban J connectivity index is -0.000000283. The molecular formula is C19H58O7Rf2Si9. The summed E-state index contributed by atoms with van der Waals surface area (Å²) < 4.78 is 42.4. The molecule has 7 nitrogen and oxygen atoms in total. The minimum atomic E-state index is -2.07. The van der Waals surface area contributed by atoms with E-state index in [1.807, 2.05) is 6.55 Å². The van der Waals surface area contributed by atoms with Crippen molar-refractivity contribution in [3.05, 3.63) is 0 Å². The van der Waals surface area contributed by atoms with E-state index in [4.69, 9.17) is 28.8 Å². The quantitative estimate of drug-likeness (QED) is 0.175. The van der Waals surface area contributed by atoms with E-state index in [2.05, 4.69) is 118 Å². The summed E-state index contributed by atoms with van der Waals surface area (Å²) in [6, 6.07) is 0. The molecule has 0 aliphatic heterocycles. The first-order valence-electron chi connectivity index (χ1n) is 12.5. The van der Waals surface area contributed by atoms with Gasteiger partial charge < -0.3 is 28.8 Å². The van der Waals surface area contributed by atoms with E-state index in [0.717, 1.165) is 0 Å². The Bertz CT molecular complexity index is 609. The van der Waals surface area contributed by atoms with Crippen molar-refractivity contribution in [2.45, 2.75) is 124 Å². The minimum absolute atomic E-state index is 0. The molecule has 216 valence electrons. The Morgan fingerprint density at radius 3 is 1.05 bits per heavy atom. The van der Waals surface area contributed by atoms with Crippen molar-refractivity contribution in [2.24, 2.45) is 0 Å².